The molecule has 2 aliphatic carbocycles. The molecule has 0 heterocycles. The number of hydrogen-bond donors (Lipinski definition) is 0. The zero-order valence-electron chi connectivity index (χ0n) is 12.5. The maximum absolute atomic E-state index is 6.32. The minimum Gasteiger partial charge on any atom is -0.544 e. The van der Waals surface area contributed by atoms with Crippen LogP contribution in [0.5, 0.6) is 0 Å². The lowest BCUT2D eigenvalue weighted by atomic mass is 9.71. The summed E-state index contributed by atoms with van der Waals surface area (Å²) in [5.41, 5.74) is 1.63. The summed E-state index contributed by atoms with van der Waals surface area (Å²) in [4.78, 5) is 0. The van der Waals surface area contributed by atoms with Crippen LogP contribution in [0.1, 0.15) is 45.4 Å². The molecule has 1 nitrogen and oxygen atoms in total. The summed E-state index contributed by atoms with van der Waals surface area (Å²) in [5, 5.41) is 0. The monoisotopic (exact) mass is 264 g/mol. The van der Waals surface area contributed by atoms with E-state index in [4.69, 9.17) is 4.43 Å². The van der Waals surface area contributed by atoms with Gasteiger partial charge in [0.25, 0.3) is 0 Å². The molecule has 102 valence electrons. The van der Waals surface area contributed by atoms with Crippen LogP contribution in [0.4, 0.5) is 0 Å². The van der Waals surface area contributed by atoms with Crippen molar-refractivity contribution in [2.24, 2.45) is 11.8 Å². The van der Waals surface area contributed by atoms with Gasteiger partial charge in [0, 0.05) is 0 Å². The minimum absolute atomic E-state index is 0.787. The third-order valence-electron chi connectivity index (χ3n) is 4.01. The summed E-state index contributed by atoms with van der Waals surface area (Å²) in [6.45, 7) is 9.13. The van der Waals surface area contributed by atoms with E-state index in [9.17, 15) is 0 Å². The van der Waals surface area contributed by atoms with Crippen LogP contribution in [0, 0.1) is 11.8 Å². The van der Waals surface area contributed by atoms with Crippen molar-refractivity contribution in [2.75, 3.05) is 0 Å². The summed E-state index contributed by atoms with van der Waals surface area (Å²) in [7, 11) is -1.48. The highest BCUT2D eigenvalue weighted by molar-refractivity contribution is 6.70. The Morgan fingerprint density at radius 3 is 2.61 bits per heavy atom. The molecule has 0 N–H and O–H groups in total. The molecule has 2 rings (SSSR count). The SMILES string of the molecule is CCCC1=C(O[Si](C)(C)C)C=CC2CCCCC12. The van der Waals surface area contributed by atoms with Gasteiger partial charge in [-0.1, -0.05) is 32.3 Å². The van der Waals surface area contributed by atoms with E-state index < -0.39 is 8.32 Å². The van der Waals surface area contributed by atoms with Crippen molar-refractivity contribution >= 4 is 8.32 Å². The minimum atomic E-state index is -1.48. The first-order chi connectivity index (χ1) is 8.51. The van der Waals surface area contributed by atoms with Gasteiger partial charge in [0.2, 0.25) is 8.32 Å². The quantitative estimate of drug-likeness (QED) is 0.629. The van der Waals surface area contributed by atoms with Gasteiger partial charge in [-0.2, -0.15) is 0 Å². The average Bonchev–Trinajstić information content (AvgIpc) is 2.31. The Bertz CT molecular complexity index is 349. The maximum atomic E-state index is 6.32. The Labute approximate surface area is 113 Å². The van der Waals surface area contributed by atoms with Crippen molar-refractivity contribution in [3.05, 3.63) is 23.5 Å². The average molecular weight is 264 g/mol. The predicted molar refractivity (Wildman–Crippen MR) is 81.0 cm³/mol. The van der Waals surface area contributed by atoms with Gasteiger partial charge in [0.1, 0.15) is 5.76 Å². The highest BCUT2D eigenvalue weighted by Crippen LogP contribution is 2.42. The maximum Gasteiger partial charge on any atom is 0.242 e. The second-order valence-electron chi connectivity index (χ2n) is 6.77. The number of fused-ring (bicyclic) bond motifs is 1. The zero-order chi connectivity index (χ0) is 13.2. The summed E-state index contributed by atoms with van der Waals surface area (Å²) >= 11 is 0. The fourth-order valence-electron chi connectivity index (χ4n) is 3.33. The van der Waals surface area contributed by atoms with Gasteiger partial charge in [0.15, 0.2) is 0 Å². The first kappa shape index (κ1) is 13.9. The molecule has 18 heavy (non-hydrogen) atoms. The summed E-state index contributed by atoms with van der Waals surface area (Å²) in [5.74, 6) is 2.82. The highest BCUT2D eigenvalue weighted by atomic mass is 28.4. The highest BCUT2D eigenvalue weighted by Gasteiger charge is 2.32. The lowest BCUT2D eigenvalue weighted by molar-refractivity contribution is 0.292. The lowest BCUT2D eigenvalue weighted by Gasteiger charge is -2.37. The van der Waals surface area contributed by atoms with Gasteiger partial charge < -0.3 is 4.43 Å². The van der Waals surface area contributed by atoms with Crippen LogP contribution in [0.3, 0.4) is 0 Å². The van der Waals surface area contributed by atoms with Crippen molar-refractivity contribution in [2.45, 2.75) is 65.1 Å². The molecule has 0 amide bonds. The van der Waals surface area contributed by atoms with E-state index in [2.05, 4.69) is 38.7 Å². The van der Waals surface area contributed by atoms with E-state index in [1.165, 1.54) is 44.3 Å². The van der Waals surface area contributed by atoms with E-state index in [0.29, 0.717) is 0 Å². The summed E-state index contributed by atoms with van der Waals surface area (Å²) in [6, 6.07) is 0. The molecule has 0 aromatic carbocycles. The molecule has 1 saturated carbocycles. The van der Waals surface area contributed by atoms with Crippen LogP contribution in [0.2, 0.25) is 19.6 Å². The van der Waals surface area contributed by atoms with Crippen LogP contribution in [0.25, 0.3) is 0 Å². The third kappa shape index (κ3) is 3.28. The molecule has 0 aromatic rings. The van der Waals surface area contributed by atoms with Crippen LogP contribution >= 0.6 is 0 Å². The molecule has 0 spiro atoms. The molecule has 2 unspecified atom stereocenters. The van der Waals surface area contributed by atoms with Crippen molar-refractivity contribution in [3.8, 4) is 0 Å². The molecule has 2 atom stereocenters. The summed E-state index contributed by atoms with van der Waals surface area (Å²) < 4.78 is 6.32. The Morgan fingerprint density at radius 1 is 1.22 bits per heavy atom. The molecule has 2 heteroatoms. The molecule has 0 bridgehead atoms. The number of hydrogen-bond acceptors (Lipinski definition) is 1. The predicted octanol–water partition coefficient (Wildman–Crippen LogP) is 5.27. The van der Waals surface area contributed by atoms with Crippen molar-refractivity contribution in [1.29, 1.82) is 0 Å². The van der Waals surface area contributed by atoms with E-state index in [1.807, 2.05) is 0 Å². The van der Waals surface area contributed by atoms with Crippen molar-refractivity contribution in [3.63, 3.8) is 0 Å². The molecular formula is C16H28OSi. The third-order valence-corrected chi connectivity index (χ3v) is 4.85. The molecule has 0 aliphatic heterocycles. The topological polar surface area (TPSA) is 9.23 Å². The molecular weight excluding hydrogens is 236 g/mol. The van der Waals surface area contributed by atoms with Crippen LogP contribution < -0.4 is 0 Å². The number of allylic oxidation sites excluding steroid dienone is 3. The smallest absolute Gasteiger partial charge is 0.242 e. The van der Waals surface area contributed by atoms with E-state index >= 15 is 0 Å². The van der Waals surface area contributed by atoms with Gasteiger partial charge in [-0.3, -0.25) is 0 Å². The van der Waals surface area contributed by atoms with Crippen LogP contribution in [-0.2, 0) is 4.43 Å². The Kier molecular flexibility index (Phi) is 4.36. The lowest BCUT2D eigenvalue weighted by Crippen LogP contribution is -2.29. The molecule has 0 radical (unpaired) electrons. The van der Waals surface area contributed by atoms with Crippen molar-refractivity contribution in [1.82, 2.24) is 0 Å². The van der Waals surface area contributed by atoms with Crippen LogP contribution in [-0.4, -0.2) is 8.32 Å². The Balaban J connectivity index is 2.23. The Hall–Kier alpha value is -0.503. The largest absolute Gasteiger partial charge is 0.544 e. The zero-order valence-corrected chi connectivity index (χ0v) is 13.5. The van der Waals surface area contributed by atoms with Crippen molar-refractivity contribution < 1.29 is 4.43 Å². The normalized spacial score (nSPS) is 28.2. The van der Waals surface area contributed by atoms with Gasteiger partial charge >= 0.3 is 0 Å². The van der Waals surface area contributed by atoms with Gasteiger partial charge in [-0.15, -0.1) is 0 Å². The fraction of sp³-hybridized carbons (Fsp3) is 0.750. The fourth-order valence-corrected chi connectivity index (χ4v) is 4.19. The Morgan fingerprint density at radius 2 is 1.94 bits per heavy atom. The van der Waals surface area contributed by atoms with E-state index in [1.54, 1.807) is 5.57 Å². The standard InChI is InChI=1S/C16H28OSi/c1-5-8-15-14-10-7-6-9-13(14)11-12-16(15)17-18(2,3)4/h11-14H,5-10H2,1-4H3. The first-order valence-corrected chi connectivity index (χ1v) is 11.0. The second kappa shape index (κ2) is 5.64. The summed E-state index contributed by atoms with van der Waals surface area (Å²) in [6.07, 6.45) is 12.8. The molecule has 2 aliphatic rings. The molecule has 0 aromatic heterocycles. The van der Waals surface area contributed by atoms with Gasteiger partial charge in [-0.25, -0.2) is 0 Å². The second-order valence-corrected chi connectivity index (χ2v) is 11.2. The van der Waals surface area contributed by atoms with E-state index in [0.717, 1.165) is 11.8 Å². The molecule has 0 saturated heterocycles. The first-order valence-electron chi connectivity index (χ1n) is 7.61. The van der Waals surface area contributed by atoms with Gasteiger partial charge in [-0.05, 0) is 62.4 Å². The van der Waals surface area contributed by atoms with E-state index in [-0.39, 0.29) is 0 Å². The van der Waals surface area contributed by atoms with Crippen LogP contribution in [0.15, 0.2) is 23.5 Å². The molecule has 1 fully saturated rings. The number of rotatable bonds is 4. The van der Waals surface area contributed by atoms with Gasteiger partial charge in [0.05, 0.1) is 0 Å².